The van der Waals surface area contributed by atoms with E-state index in [0.717, 1.165) is 0 Å². The first-order chi connectivity index (χ1) is 16.2. The molecule has 0 spiro atoms. The highest BCUT2D eigenvalue weighted by molar-refractivity contribution is 5.94. The van der Waals surface area contributed by atoms with Crippen molar-refractivity contribution in [2.45, 2.75) is 37.4 Å². The molecule has 0 saturated carbocycles. The van der Waals surface area contributed by atoms with Gasteiger partial charge in [-0.15, -0.1) is 0 Å². The third kappa shape index (κ3) is 6.81. The number of amides is 3. The molecule has 5 N–H and O–H groups in total. The predicted octanol–water partition coefficient (Wildman–Crippen LogP) is -1.67. The summed E-state index contributed by atoms with van der Waals surface area (Å²) in [5.74, 6) is -1.36. The molecule has 1 aliphatic rings. The number of esters is 1. The fourth-order valence-electron chi connectivity index (χ4n) is 3.67. The van der Waals surface area contributed by atoms with Crippen molar-refractivity contribution in [2.75, 3.05) is 41.0 Å². The molecule has 188 valence electrons. The van der Waals surface area contributed by atoms with E-state index in [1.165, 1.54) is 26.2 Å². The van der Waals surface area contributed by atoms with Gasteiger partial charge in [0, 0.05) is 13.0 Å². The molecule has 1 aliphatic heterocycles. The maximum atomic E-state index is 13.1. The van der Waals surface area contributed by atoms with Crippen molar-refractivity contribution < 1.29 is 38.5 Å². The molecule has 2 rings (SSSR count). The van der Waals surface area contributed by atoms with E-state index < -0.39 is 48.4 Å². The highest BCUT2D eigenvalue weighted by Gasteiger charge is 2.37. The van der Waals surface area contributed by atoms with Crippen LogP contribution in [0.1, 0.15) is 18.4 Å². The predicted molar refractivity (Wildman–Crippen MR) is 120 cm³/mol. The zero-order valence-electron chi connectivity index (χ0n) is 19.5. The van der Waals surface area contributed by atoms with Crippen molar-refractivity contribution in [3.8, 4) is 11.5 Å². The number of aliphatic hydroxyl groups is 1. The zero-order chi connectivity index (χ0) is 25.3. The normalized spacial score (nSPS) is 16.9. The quantitative estimate of drug-likeness (QED) is 0.271. The van der Waals surface area contributed by atoms with Gasteiger partial charge in [0.05, 0.1) is 27.9 Å². The van der Waals surface area contributed by atoms with Crippen LogP contribution in [0, 0.1) is 0 Å². The number of carbonyl (C=O) groups excluding carboxylic acids is 4. The van der Waals surface area contributed by atoms with Crippen molar-refractivity contribution in [2.24, 2.45) is 5.73 Å². The van der Waals surface area contributed by atoms with Crippen LogP contribution in [0.3, 0.4) is 0 Å². The lowest BCUT2D eigenvalue weighted by Crippen LogP contribution is -2.56. The third-order valence-corrected chi connectivity index (χ3v) is 5.51. The Morgan fingerprint density at radius 1 is 1.18 bits per heavy atom. The lowest BCUT2D eigenvalue weighted by Gasteiger charge is -2.28. The van der Waals surface area contributed by atoms with Gasteiger partial charge in [-0.1, -0.05) is 6.07 Å². The lowest BCUT2D eigenvalue weighted by atomic mass is 10.0. The molecule has 3 amide bonds. The molecule has 1 aromatic carbocycles. The van der Waals surface area contributed by atoms with E-state index in [0.29, 0.717) is 36.4 Å². The summed E-state index contributed by atoms with van der Waals surface area (Å²) in [5, 5.41) is 14.3. The summed E-state index contributed by atoms with van der Waals surface area (Å²) in [4.78, 5) is 51.1. The highest BCUT2D eigenvalue weighted by atomic mass is 16.5. The van der Waals surface area contributed by atoms with E-state index in [-0.39, 0.29) is 13.0 Å². The fraction of sp³-hybridized carbons (Fsp3) is 0.545. The van der Waals surface area contributed by atoms with E-state index in [1.807, 2.05) is 0 Å². The number of benzene rings is 1. The van der Waals surface area contributed by atoms with Crippen LogP contribution < -0.4 is 25.8 Å². The summed E-state index contributed by atoms with van der Waals surface area (Å²) >= 11 is 0. The molecule has 1 fully saturated rings. The van der Waals surface area contributed by atoms with Gasteiger partial charge in [-0.2, -0.15) is 0 Å². The van der Waals surface area contributed by atoms with Crippen LogP contribution >= 0.6 is 0 Å². The van der Waals surface area contributed by atoms with Gasteiger partial charge in [0.2, 0.25) is 17.7 Å². The van der Waals surface area contributed by atoms with Crippen molar-refractivity contribution in [3.63, 3.8) is 0 Å². The number of nitrogens with zero attached hydrogens (tertiary/aromatic N) is 1. The molecule has 12 nitrogen and oxygen atoms in total. The minimum absolute atomic E-state index is 0.0793. The molecule has 34 heavy (non-hydrogen) atoms. The maximum Gasteiger partial charge on any atom is 0.325 e. The maximum absolute atomic E-state index is 13.1. The van der Waals surface area contributed by atoms with Gasteiger partial charge in [0.15, 0.2) is 11.5 Å². The zero-order valence-corrected chi connectivity index (χ0v) is 19.5. The number of hydrogen-bond donors (Lipinski definition) is 4. The monoisotopic (exact) mass is 480 g/mol. The Labute approximate surface area is 197 Å². The molecule has 0 radical (unpaired) electrons. The third-order valence-electron chi connectivity index (χ3n) is 5.51. The number of carbonyl (C=O) groups is 4. The highest BCUT2D eigenvalue weighted by Crippen LogP contribution is 2.28. The summed E-state index contributed by atoms with van der Waals surface area (Å²) < 4.78 is 15.1. The minimum Gasteiger partial charge on any atom is -0.493 e. The number of methoxy groups -OCH3 is 3. The molecular weight excluding hydrogens is 448 g/mol. The average Bonchev–Trinajstić information content (AvgIpc) is 3.35. The Balaban J connectivity index is 2.22. The van der Waals surface area contributed by atoms with Crippen molar-refractivity contribution in [1.29, 1.82) is 0 Å². The van der Waals surface area contributed by atoms with Gasteiger partial charge in [0.1, 0.15) is 24.7 Å². The largest absolute Gasteiger partial charge is 0.493 e. The topological polar surface area (TPSA) is 170 Å². The second kappa shape index (κ2) is 12.8. The molecule has 0 bridgehead atoms. The first-order valence-electron chi connectivity index (χ1n) is 10.8. The minimum atomic E-state index is -1.13. The fourth-order valence-corrected chi connectivity index (χ4v) is 3.67. The van der Waals surface area contributed by atoms with Gasteiger partial charge >= 0.3 is 5.97 Å². The Bertz CT molecular complexity index is 894. The number of nitrogens with two attached hydrogens (primary N) is 1. The standard InChI is InChI=1S/C22H32N4O8/c1-32-17-7-6-13(10-18(17)33-2)9-15(20(29)24-11-19(28)34-3)25-21(30)16-5-4-8-26(16)22(31)14(23)12-27/h6-7,10,14-16,27H,4-5,8-9,11-12,23H2,1-3H3,(H,24,29)(H,25,30)/t14-,15-,16-/m0/s1. The Morgan fingerprint density at radius 3 is 2.50 bits per heavy atom. The van der Waals surface area contributed by atoms with Gasteiger partial charge in [-0.3, -0.25) is 19.2 Å². The lowest BCUT2D eigenvalue weighted by molar-refractivity contribution is -0.142. The van der Waals surface area contributed by atoms with Crippen LogP contribution in [0.2, 0.25) is 0 Å². The van der Waals surface area contributed by atoms with E-state index in [9.17, 15) is 24.3 Å². The Kier molecular flexibility index (Phi) is 10.1. The molecule has 3 atom stereocenters. The summed E-state index contributed by atoms with van der Waals surface area (Å²) in [6.45, 7) is -0.589. The number of hydrogen-bond acceptors (Lipinski definition) is 9. The first kappa shape index (κ1) is 26.9. The van der Waals surface area contributed by atoms with Gasteiger partial charge < -0.3 is 40.6 Å². The van der Waals surface area contributed by atoms with E-state index in [1.54, 1.807) is 18.2 Å². The molecule has 1 aromatic rings. The van der Waals surface area contributed by atoms with Gasteiger partial charge in [-0.05, 0) is 30.5 Å². The summed E-state index contributed by atoms with van der Waals surface area (Å²) in [5.41, 5.74) is 6.30. The van der Waals surface area contributed by atoms with Gasteiger partial charge in [-0.25, -0.2) is 0 Å². The number of ether oxygens (including phenoxy) is 3. The van der Waals surface area contributed by atoms with Crippen LogP contribution in [0.25, 0.3) is 0 Å². The van der Waals surface area contributed by atoms with Crippen LogP contribution in [0.5, 0.6) is 11.5 Å². The number of aliphatic hydroxyl groups excluding tert-OH is 1. The summed E-state index contributed by atoms with van der Waals surface area (Å²) in [6, 6.07) is 2.06. The van der Waals surface area contributed by atoms with Crippen LogP contribution in [0.15, 0.2) is 18.2 Å². The van der Waals surface area contributed by atoms with Crippen LogP contribution in [-0.4, -0.2) is 92.8 Å². The number of likely N-dealkylation sites (tertiary alicyclic amines) is 1. The van der Waals surface area contributed by atoms with Crippen LogP contribution in [0.4, 0.5) is 0 Å². The second-order valence-corrected chi connectivity index (χ2v) is 7.73. The van der Waals surface area contributed by atoms with E-state index in [2.05, 4.69) is 15.4 Å². The molecule has 0 unspecified atom stereocenters. The van der Waals surface area contributed by atoms with E-state index >= 15 is 0 Å². The van der Waals surface area contributed by atoms with Crippen LogP contribution in [-0.2, 0) is 30.3 Å². The first-order valence-corrected chi connectivity index (χ1v) is 10.8. The van der Waals surface area contributed by atoms with E-state index in [4.69, 9.17) is 15.2 Å². The average molecular weight is 481 g/mol. The number of nitrogens with one attached hydrogen (secondary N) is 2. The smallest absolute Gasteiger partial charge is 0.325 e. The van der Waals surface area contributed by atoms with Crippen molar-refractivity contribution >= 4 is 23.7 Å². The molecule has 1 heterocycles. The van der Waals surface area contributed by atoms with Gasteiger partial charge in [0.25, 0.3) is 0 Å². The van der Waals surface area contributed by atoms with Crippen molar-refractivity contribution in [3.05, 3.63) is 23.8 Å². The summed E-state index contributed by atoms with van der Waals surface area (Å²) in [7, 11) is 4.17. The molecular formula is C22H32N4O8. The second-order valence-electron chi connectivity index (χ2n) is 7.73. The molecule has 0 aliphatic carbocycles. The molecule has 0 aromatic heterocycles. The Morgan fingerprint density at radius 2 is 1.88 bits per heavy atom. The Hall–Kier alpha value is -3.38. The molecule has 12 heteroatoms. The molecule has 1 saturated heterocycles. The number of rotatable bonds is 11. The SMILES string of the molecule is COC(=O)CNC(=O)[C@H](Cc1ccc(OC)c(OC)c1)NC(=O)[C@@H]1CCCN1C(=O)[C@@H](N)CO. The van der Waals surface area contributed by atoms with Crippen molar-refractivity contribution in [1.82, 2.24) is 15.5 Å². The summed E-state index contributed by atoms with van der Waals surface area (Å²) in [6.07, 6.45) is 1.05.